The average molecular weight is 400 g/mol. The number of benzene rings is 2. The zero-order valence-electron chi connectivity index (χ0n) is 16.7. The van der Waals surface area contributed by atoms with Crippen LogP contribution in [-0.2, 0) is 6.61 Å². The molecule has 0 aliphatic rings. The Kier molecular flexibility index (Phi) is 5.06. The van der Waals surface area contributed by atoms with Crippen molar-refractivity contribution in [1.82, 2.24) is 4.40 Å². The van der Waals surface area contributed by atoms with Gasteiger partial charge in [0.25, 0.3) is 0 Å². The van der Waals surface area contributed by atoms with Gasteiger partial charge in [-0.05, 0) is 48.7 Å². The fourth-order valence-electron chi connectivity index (χ4n) is 3.67. The summed E-state index contributed by atoms with van der Waals surface area (Å²) >= 11 is 0. The molecule has 2 heterocycles. The van der Waals surface area contributed by atoms with E-state index in [-0.39, 0.29) is 18.0 Å². The number of nitrogens with zero attached hydrogens (tertiary/aromatic N) is 2. The summed E-state index contributed by atoms with van der Waals surface area (Å²) in [5, 5.41) is 11.8. The molecule has 2 aromatic heterocycles. The third-order valence-electron chi connectivity index (χ3n) is 5.10. The molecule has 4 aromatic rings. The van der Waals surface area contributed by atoms with Crippen molar-refractivity contribution in [2.75, 3.05) is 0 Å². The monoisotopic (exact) mass is 400 g/mol. The molecule has 0 radical (unpaired) electrons. The predicted molar refractivity (Wildman–Crippen MR) is 115 cm³/mol. The highest BCUT2D eigenvalue weighted by molar-refractivity contribution is 5.93. The van der Waals surface area contributed by atoms with E-state index in [4.69, 9.17) is 4.74 Å². The van der Waals surface area contributed by atoms with Gasteiger partial charge in [-0.25, -0.2) is 0 Å². The number of hydrogen-bond acceptors (Lipinski definition) is 4. The minimum atomic E-state index is -0.446. The summed E-state index contributed by atoms with van der Waals surface area (Å²) in [6, 6.07) is 18.5. The molecule has 150 valence electrons. The van der Waals surface area contributed by atoms with Crippen LogP contribution in [0.4, 0.5) is 5.69 Å². The lowest BCUT2D eigenvalue weighted by molar-refractivity contribution is -0.385. The fraction of sp³-hybridized carbons (Fsp3) is 0.125. The minimum Gasteiger partial charge on any atom is -0.482 e. The van der Waals surface area contributed by atoms with Gasteiger partial charge in [0.05, 0.1) is 10.6 Å². The Hall–Kier alpha value is -3.93. The second-order valence-corrected chi connectivity index (χ2v) is 7.20. The number of carbonyl (C=O) groups is 1. The van der Waals surface area contributed by atoms with E-state index in [9.17, 15) is 14.9 Å². The van der Waals surface area contributed by atoms with Crippen molar-refractivity contribution in [2.24, 2.45) is 0 Å². The Morgan fingerprint density at radius 3 is 2.50 bits per heavy atom. The summed E-state index contributed by atoms with van der Waals surface area (Å²) in [5.41, 5.74) is 4.92. The van der Waals surface area contributed by atoms with E-state index >= 15 is 0 Å². The molecule has 0 aliphatic carbocycles. The van der Waals surface area contributed by atoms with Gasteiger partial charge in [-0.1, -0.05) is 36.4 Å². The Morgan fingerprint density at radius 2 is 1.80 bits per heavy atom. The number of ether oxygens (including phenoxy) is 1. The van der Waals surface area contributed by atoms with E-state index in [1.54, 1.807) is 11.3 Å². The van der Waals surface area contributed by atoms with Crippen LogP contribution in [0.5, 0.6) is 5.75 Å². The molecule has 6 nitrogen and oxygen atoms in total. The normalized spacial score (nSPS) is 10.9. The standard InChI is InChI=1S/C24H20N2O4/c1-16-11-20(19-13-21-17(2)7-6-10-25(21)23(19)14-27)24(22(12-16)26(28)29)30-15-18-8-4-3-5-9-18/h3-14H,15H2,1-2H3. The molecular weight excluding hydrogens is 380 g/mol. The quantitative estimate of drug-likeness (QED) is 0.243. The van der Waals surface area contributed by atoms with Crippen LogP contribution in [0.25, 0.3) is 16.6 Å². The number of rotatable bonds is 6. The van der Waals surface area contributed by atoms with Gasteiger partial charge in [0.2, 0.25) is 5.75 Å². The number of aryl methyl sites for hydroxylation is 2. The van der Waals surface area contributed by atoms with Gasteiger partial charge in [0.1, 0.15) is 6.61 Å². The summed E-state index contributed by atoms with van der Waals surface area (Å²) in [5.74, 6) is 0.158. The number of aromatic nitrogens is 1. The first-order valence-electron chi connectivity index (χ1n) is 9.51. The maximum atomic E-state index is 12.0. The second kappa shape index (κ2) is 7.83. The van der Waals surface area contributed by atoms with Gasteiger partial charge in [-0.3, -0.25) is 14.9 Å². The molecule has 0 saturated carbocycles. The van der Waals surface area contributed by atoms with E-state index < -0.39 is 4.92 Å². The predicted octanol–water partition coefficient (Wildman–Crippen LogP) is 5.52. The molecule has 2 aromatic carbocycles. The number of nitro groups is 1. The molecular formula is C24H20N2O4. The van der Waals surface area contributed by atoms with E-state index in [2.05, 4.69) is 0 Å². The van der Waals surface area contributed by atoms with Crippen molar-refractivity contribution in [2.45, 2.75) is 20.5 Å². The summed E-state index contributed by atoms with van der Waals surface area (Å²) in [4.78, 5) is 23.3. The lowest BCUT2D eigenvalue weighted by atomic mass is 10.0. The van der Waals surface area contributed by atoms with Crippen molar-refractivity contribution < 1.29 is 14.5 Å². The molecule has 0 amide bonds. The Morgan fingerprint density at radius 1 is 1.03 bits per heavy atom. The molecule has 6 heteroatoms. The van der Waals surface area contributed by atoms with E-state index in [1.165, 1.54) is 6.07 Å². The van der Waals surface area contributed by atoms with Crippen LogP contribution in [0.3, 0.4) is 0 Å². The highest BCUT2D eigenvalue weighted by Crippen LogP contribution is 2.42. The van der Waals surface area contributed by atoms with E-state index in [0.29, 0.717) is 22.4 Å². The van der Waals surface area contributed by atoms with Gasteiger partial charge in [0.15, 0.2) is 6.29 Å². The van der Waals surface area contributed by atoms with Gasteiger partial charge < -0.3 is 9.14 Å². The highest BCUT2D eigenvalue weighted by Gasteiger charge is 2.25. The largest absolute Gasteiger partial charge is 0.482 e. The number of nitro benzene ring substituents is 1. The second-order valence-electron chi connectivity index (χ2n) is 7.20. The van der Waals surface area contributed by atoms with Crippen LogP contribution in [0.1, 0.15) is 27.2 Å². The van der Waals surface area contributed by atoms with E-state index in [0.717, 1.165) is 22.9 Å². The number of fused-ring (bicyclic) bond motifs is 1. The maximum absolute atomic E-state index is 12.0. The van der Waals surface area contributed by atoms with Crippen molar-refractivity contribution in [3.63, 3.8) is 0 Å². The van der Waals surface area contributed by atoms with Crippen LogP contribution >= 0.6 is 0 Å². The summed E-state index contributed by atoms with van der Waals surface area (Å²) < 4.78 is 7.78. The van der Waals surface area contributed by atoms with Crippen LogP contribution in [0.2, 0.25) is 0 Å². The zero-order chi connectivity index (χ0) is 21.3. The first-order chi connectivity index (χ1) is 14.5. The van der Waals surface area contributed by atoms with Crippen molar-refractivity contribution in [3.8, 4) is 16.9 Å². The van der Waals surface area contributed by atoms with Crippen molar-refractivity contribution in [3.05, 3.63) is 99.4 Å². The lowest BCUT2D eigenvalue weighted by Crippen LogP contribution is -2.02. The number of aldehydes is 1. The molecule has 0 aliphatic heterocycles. The molecule has 4 rings (SSSR count). The highest BCUT2D eigenvalue weighted by atomic mass is 16.6. The Bertz CT molecular complexity index is 1260. The van der Waals surface area contributed by atoms with Gasteiger partial charge in [-0.15, -0.1) is 0 Å². The third kappa shape index (κ3) is 3.43. The molecule has 0 saturated heterocycles. The first kappa shape index (κ1) is 19.4. The minimum absolute atomic E-state index is 0.121. The van der Waals surface area contributed by atoms with Gasteiger partial charge in [-0.2, -0.15) is 0 Å². The zero-order valence-corrected chi connectivity index (χ0v) is 16.7. The van der Waals surface area contributed by atoms with Crippen molar-refractivity contribution >= 4 is 17.5 Å². The molecule has 0 fully saturated rings. The van der Waals surface area contributed by atoms with Crippen LogP contribution in [-0.4, -0.2) is 15.6 Å². The molecule has 0 bridgehead atoms. The maximum Gasteiger partial charge on any atom is 0.311 e. The summed E-state index contributed by atoms with van der Waals surface area (Å²) in [7, 11) is 0. The first-order valence-corrected chi connectivity index (χ1v) is 9.51. The number of carbonyl (C=O) groups excluding carboxylic acids is 1. The Labute approximate surface area is 173 Å². The van der Waals surface area contributed by atoms with Gasteiger partial charge in [0, 0.05) is 28.9 Å². The molecule has 30 heavy (non-hydrogen) atoms. The topological polar surface area (TPSA) is 73.8 Å². The van der Waals surface area contributed by atoms with Crippen LogP contribution in [0, 0.1) is 24.0 Å². The number of pyridine rings is 1. The smallest absolute Gasteiger partial charge is 0.311 e. The lowest BCUT2D eigenvalue weighted by Gasteiger charge is -2.13. The average Bonchev–Trinajstić information content (AvgIpc) is 3.12. The third-order valence-corrected chi connectivity index (χ3v) is 5.10. The summed E-state index contributed by atoms with van der Waals surface area (Å²) in [6.07, 6.45) is 2.58. The molecule has 0 N–H and O–H groups in total. The van der Waals surface area contributed by atoms with Crippen LogP contribution < -0.4 is 4.74 Å². The fourth-order valence-corrected chi connectivity index (χ4v) is 3.67. The molecule has 0 spiro atoms. The Balaban J connectivity index is 1.93. The molecule has 0 atom stereocenters. The van der Waals surface area contributed by atoms with Gasteiger partial charge >= 0.3 is 5.69 Å². The molecule has 0 unspecified atom stereocenters. The van der Waals surface area contributed by atoms with Crippen LogP contribution in [0.15, 0.2) is 66.9 Å². The number of hydrogen-bond donors (Lipinski definition) is 0. The summed E-state index contributed by atoms with van der Waals surface area (Å²) in [6.45, 7) is 3.93. The SMILES string of the molecule is Cc1cc(-c2cc3c(C)cccn3c2C=O)c(OCc2ccccc2)c([N+](=O)[O-])c1. The van der Waals surface area contributed by atoms with E-state index in [1.807, 2.05) is 67.7 Å². The van der Waals surface area contributed by atoms with Crippen molar-refractivity contribution in [1.29, 1.82) is 0 Å².